The fraction of sp³-hybridized carbons (Fsp3) is 0.136. The predicted octanol–water partition coefficient (Wildman–Crippen LogP) is 4.24. The van der Waals surface area contributed by atoms with Crippen LogP contribution in [-0.2, 0) is 6.42 Å². The van der Waals surface area contributed by atoms with Crippen molar-refractivity contribution in [2.45, 2.75) is 19.8 Å². The molecule has 0 unspecified atom stereocenters. The van der Waals surface area contributed by atoms with Gasteiger partial charge in [0.15, 0.2) is 5.82 Å². The molecule has 0 aliphatic heterocycles. The molecule has 3 rings (SSSR count). The maximum Gasteiger partial charge on any atom is 0.343 e. The number of hydrogen-bond donors (Lipinski definition) is 0. The highest BCUT2D eigenvalue weighted by molar-refractivity contribution is 5.91. The molecule has 4 nitrogen and oxygen atoms in total. The van der Waals surface area contributed by atoms with E-state index >= 15 is 0 Å². The number of rotatable bonds is 5. The van der Waals surface area contributed by atoms with E-state index in [1.54, 1.807) is 36.7 Å². The smallest absolute Gasteiger partial charge is 0.343 e. The quantitative estimate of drug-likeness (QED) is 0.395. The molecule has 0 atom stereocenters. The molecule has 128 valence electrons. The fourth-order valence-electron chi connectivity index (χ4n) is 2.38. The standard InChI is InChI=1S/C22H18N2O2/c1-3-4-5-17-14-23-21(24-15-17)18-10-12-20(13-11-18)26-22(25)19-8-6-16(2)7-9-19/h1,6-15H,4-5H2,2H3. The van der Waals surface area contributed by atoms with Gasteiger partial charge in [-0.3, -0.25) is 0 Å². The molecule has 0 spiro atoms. The lowest BCUT2D eigenvalue weighted by Gasteiger charge is -2.06. The number of benzene rings is 2. The molecular formula is C22H18N2O2. The molecule has 0 aliphatic rings. The van der Waals surface area contributed by atoms with Gasteiger partial charge in [0.2, 0.25) is 0 Å². The second kappa shape index (κ2) is 8.09. The van der Waals surface area contributed by atoms with E-state index in [-0.39, 0.29) is 5.97 Å². The number of terminal acetylenes is 1. The second-order valence-corrected chi connectivity index (χ2v) is 5.90. The largest absolute Gasteiger partial charge is 0.423 e. The Morgan fingerprint density at radius 1 is 1.04 bits per heavy atom. The van der Waals surface area contributed by atoms with E-state index < -0.39 is 0 Å². The summed E-state index contributed by atoms with van der Waals surface area (Å²) in [6, 6.07) is 14.4. The average Bonchev–Trinajstić information content (AvgIpc) is 2.68. The second-order valence-electron chi connectivity index (χ2n) is 5.90. The van der Waals surface area contributed by atoms with Crippen LogP contribution < -0.4 is 4.74 Å². The summed E-state index contributed by atoms with van der Waals surface area (Å²) >= 11 is 0. The van der Waals surface area contributed by atoms with Crippen LogP contribution in [0.1, 0.15) is 27.9 Å². The van der Waals surface area contributed by atoms with Crippen LogP contribution in [0.25, 0.3) is 11.4 Å². The molecule has 1 aromatic heterocycles. The molecule has 26 heavy (non-hydrogen) atoms. The maximum atomic E-state index is 12.1. The van der Waals surface area contributed by atoms with E-state index in [2.05, 4.69) is 15.9 Å². The third-order valence-electron chi connectivity index (χ3n) is 3.87. The Balaban J connectivity index is 1.67. The van der Waals surface area contributed by atoms with Gasteiger partial charge in [-0.2, -0.15) is 0 Å². The minimum Gasteiger partial charge on any atom is -0.423 e. The summed E-state index contributed by atoms with van der Waals surface area (Å²) in [6.07, 6.45) is 10.3. The molecule has 3 aromatic rings. The molecule has 0 bridgehead atoms. The zero-order valence-electron chi connectivity index (χ0n) is 14.5. The average molecular weight is 342 g/mol. The predicted molar refractivity (Wildman–Crippen MR) is 101 cm³/mol. The molecule has 0 fully saturated rings. The van der Waals surface area contributed by atoms with Gasteiger partial charge in [0.1, 0.15) is 5.75 Å². The van der Waals surface area contributed by atoms with Crippen LogP contribution >= 0.6 is 0 Å². The molecule has 1 heterocycles. The van der Waals surface area contributed by atoms with E-state index in [4.69, 9.17) is 11.2 Å². The number of aromatic nitrogens is 2. The lowest BCUT2D eigenvalue weighted by Crippen LogP contribution is -2.08. The topological polar surface area (TPSA) is 52.1 Å². The molecule has 0 saturated carbocycles. The summed E-state index contributed by atoms with van der Waals surface area (Å²) < 4.78 is 5.40. The van der Waals surface area contributed by atoms with Crippen molar-refractivity contribution in [1.29, 1.82) is 0 Å². The zero-order chi connectivity index (χ0) is 18.4. The number of aryl methyl sites for hydroxylation is 2. The number of carbonyl (C=O) groups is 1. The number of hydrogen-bond acceptors (Lipinski definition) is 4. The number of ether oxygens (including phenoxy) is 1. The first-order valence-corrected chi connectivity index (χ1v) is 8.29. The highest BCUT2D eigenvalue weighted by Crippen LogP contribution is 2.20. The molecule has 0 N–H and O–H groups in total. The van der Waals surface area contributed by atoms with Crippen molar-refractivity contribution in [3.05, 3.63) is 77.6 Å². The fourth-order valence-corrected chi connectivity index (χ4v) is 2.38. The summed E-state index contributed by atoms with van der Waals surface area (Å²) in [4.78, 5) is 20.9. The first-order valence-electron chi connectivity index (χ1n) is 8.29. The Kier molecular flexibility index (Phi) is 5.40. The third kappa shape index (κ3) is 4.34. The first-order chi connectivity index (χ1) is 12.7. The van der Waals surface area contributed by atoms with Gasteiger partial charge in [-0.1, -0.05) is 17.7 Å². The molecule has 0 radical (unpaired) electrons. The van der Waals surface area contributed by atoms with Crippen LogP contribution in [0, 0.1) is 19.3 Å². The Hall–Kier alpha value is -3.45. The summed E-state index contributed by atoms with van der Waals surface area (Å²) in [5, 5.41) is 0. The zero-order valence-corrected chi connectivity index (χ0v) is 14.5. The highest BCUT2D eigenvalue weighted by atomic mass is 16.5. The SMILES string of the molecule is C#CCCc1cnc(-c2ccc(OC(=O)c3ccc(C)cc3)cc2)nc1. The van der Waals surface area contributed by atoms with Gasteiger partial charge in [0.25, 0.3) is 0 Å². The van der Waals surface area contributed by atoms with E-state index in [9.17, 15) is 4.79 Å². The Labute approximate surface area is 152 Å². The lowest BCUT2D eigenvalue weighted by molar-refractivity contribution is 0.0735. The highest BCUT2D eigenvalue weighted by Gasteiger charge is 2.09. The van der Waals surface area contributed by atoms with Crippen LogP contribution in [0.4, 0.5) is 0 Å². The Morgan fingerprint density at radius 3 is 2.31 bits per heavy atom. The Bertz CT molecular complexity index is 922. The summed E-state index contributed by atoms with van der Waals surface area (Å²) in [5.41, 5.74) is 3.47. The van der Waals surface area contributed by atoms with Crippen LogP contribution in [0.15, 0.2) is 60.9 Å². The normalized spacial score (nSPS) is 10.2. The minimum absolute atomic E-state index is 0.383. The van der Waals surface area contributed by atoms with Crippen molar-refractivity contribution >= 4 is 5.97 Å². The van der Waals surface area contributed by atoms with Gasteiger partial charge in [0, 0.05) is 24.4 Å². The molecule has 2 aromatic carbocycles. The van der Waals surface area contributed by atoms with Gasteiger partial charge >= 0.3 is 5.97 Å². The Morgan fingerprint density at radius 2 is 1.69 bits per heavy atom. The van der Waals surface area contributed by atoms with Crippen LogP contribution in [-0.4, -0.2) is 15.9 Å². The summed E-state index contributed by atoms with van der Waals surface area (Å²) in [7, 11) is 0. The van der Waals surface area contributed by atoms with Gasteiger partial charge in [0.05, 0.1) is 5.56 Å². The molecule has 0 saturated heterocycles. The van der Waals surface area contributed by atoms with Crippen molar-refractivity contribution in [3.8, 4) is 29.5 Å². The first kappa shape index (κ1) is 17.4. The maximum absolute atomic E-state index is 12.1. The van der Waals surface area contributed by atoms with Crippen molar-refractivity contribution in [1.82, 2.24) is 9.97 Å². The van der Waals surface area contributed by atoms with E-state index in [1.807, 2.05) is 31.2 Å². The molecular weight excluding hydrogens is 324 g/mol. The van der Waals surface area contributed by atoms with Gasteiger partial charge in [-0.25, -0.2) is 14.8 Å². The molecule has 4 heteroatoms. The summed E-state index contributed by atoms with van der Waals surface area (Å²) in [5.74, 6) is 3.31. The van der Waals surface area contributed by atoms with Gasteiger partial charge in [-0.05, 0) is 55.3 Å². The van der Waals surface area contributed by atoms with Gasteiger partial charge < -0.3 is 4.74 Å². The third-order valence-corrected chi connectivity index (χ3v) is 3.87. The van der Waals surface area contributed by atoms with E-state index in [0.29, 0.717) is 23.6 Å². The van der Waals surface area contributed by atoms with E-state index in [1.165, 1.54) is 0 Å². The van der Waals surface area contributed by atoms with Crippen molar-refractivity contribution < 1.29 is 9.53 Å². The molecule has 0 aliphatic carbocycles. The lowest BCUT2D eigenvalue weighted by atomic mass is 10.1. The van der Waals surface area contributed by atoms with Crippen molar-refractivity contribution in [3.63, 3.8) is 0 Å². The van der Waals surface area contributed by atoms with E-state index in [0.717, 1.165) is 23.1 Å². The minimum atomic E-state index is -0.383. The number of esters is 1. The molecule has 0 amide bonds. The number of carbonyl (C=O) groups excluding carboxylic acids is 1. The monoisotopic (exact) mass is 342 g/mol. The van der Waals surface area contributed by atoms with Gasteiger partial charge in [-0.15, -0.1) is 12.3 Å². The van der Waals surface area contributed by atoms with Crippen LogP contribution in [0.2, 0.25) is 0 Å². The summed E-state index contributed by atoms with van der Waals surface area (Å²) in [6.45, 7) is 1.97. The van der Waals surface area contributed by atoms with Crippen molar-refractivity contribution in [2.75, 3.05) is 0 Å². The number of nitrogens with zero attached hydrogens (tertiary/aromatic N) is 2. The van der Waals surface area contributed by atoms with Crippen LogP contribution in [0.3, 0.4) is 0 Å². The van der Waals surface area contributed by atoms with Crippen molar-refractivity contribution in [2.24, 2.45) is 0 Å². The van der Waals surface area contributed by atoms with Crippen LogP contribution in [0.5, 0.6) is 5.75 Å².